The Morgan fingerprint density at radius 2 is 2.07 bits per heavy atom. The van der Waals surface area contributed by atoms with Crippen molar-refractivity contribution < 1.29 is 5.11 Å². The minimum Gasteiger partial charge on any atom is -0.387 e. The van der Waals surface area contributed by atoms with Gasteiger partial charge in [-0.15, -0.1) is 5.10 Å². The van der Waals surface area contributed by atoms with Gasteiger partial charge in [0.25, 0.3) is 0 Å². The van der Waals surface area contributed by atoms with Gasteiger partial charge < -0.3 is 5.11 Å². The van der Waals surface area contributed by atoms with Crippen LogP contribution in [0.15, 0.2) is 0 Å². The number of nitrogens with zero attached hydrogens (tertiary/aromatic N) is 2. The largest absolute Gasteiger partial charge is 0.387 e. The molecule has 1 rings (SSSR count). The second kappa shape index (κ2) is 6.18. The van der Waals surface area contributed by atoms with Gasteiger partial charge in [-0.2, -0.15) is 0 Å². The number of aromatic nitrogens is 2. The molecule has 1 unspecified atom stereocenters. The average Bonchev–Trinajstić information content (AvgIpc) is 2.63. The monoisotopic (exact) mass is 228 g/mol. The van der Waals surface area contributed by atoms with E-state index in [0.717, 1.165) is 36.3 Å². The van der Waals surface area contributed by atoms with Crippen LogP contribution in [-0.4, -0.2) is 14.7 Å². The van der Waals surface area contributed by atoms with Gasteiger partial charge in [0.05, 0.1) is 16.7 Å². The van der Waals surface area contributed by atoms with Crippen molar-refractivity contribution in [1.82, 2.24) is 9.59 Å². The third-order valence-electron chi connectivity index (χ3n) is 2.39. The van der Waals surface area contributed by atoms with E-state index in [0.29, 0.717) is 5.92 Å². The Morgan fingerprint density at radius 1 is 1.33 bits per heavy atom. The number of hydrogen-bond acceptors (Lipinski definition) is 4. The van der Waals surface area contributed by atoms with Crippen molar-refractivity contribution in [3.05, 3.63) is 10.6 Å². The van der Waals surface area contributed by atoms with Gasteiger partial charge in [0.15, 0.2) is 0 Å². The molecule has 0 aliphatic carbocycles. The van der Waals surface area contributed by atoms with Gasteiger partial charge in [-0.05, 0) is 36.7 Å². The van der Waals surface area contributed by atoms with E-state index >= 15 is 0 Å². The first-order chi connectivity index (χ1) is 7.15. The summed E-state index contributed by atoms with van der Waals surface area (Å²) in [4.78, 5) is 0.970. The summed E-state index contributed by atoms with van der Waals surface area (Å²) >= 11 is 1.34. The second-order valence-corrected chi connectivity index (χ2v) is 5.11. The molecule has 3 nitrogen and oxygen atoms in total. The van der Waals surface area contributed by atoms with Gasteiger partial charge in [-0.1, -0.05) is 31.7 Å². The highest BCUT2D eigenvalue weighted by Crippen LogP contribution is 2.26. The highest BCUT2D eigenvalue weighted by atomic mass is 32.1. The number of hydrogen-bond donors (Lipinski definition) is 1. The first-order valence-corrected chi connectivity index (χ1v) is 6.41. The van der Waals surface area contributed by atoms with Crippen LogP contribution in [0.25, 0.3) is 0 Å². The van der Waals surface area contributed by atoms with E-state index in [2.05, 4.69) is 30.4 Å². The maximum absolute atomic E-state index is 10.00. The normalized spacial score (nSPS) is 13.4. The van der Waals surface area contributed by atoms with Gasteiger partial charge in [0.1, 0.15) is 0 Å². The van der Waals surface area contributed by atoms with Crippen LogP contribution in [0.2, 0.25) is 0 Å². The van der Waals surface area contributed by atoms with E-state index in [1.807, 2.05) is 0 Å². The zero-order chi connectivity index (χ0) is 11.3. The minimum absolute atomic E-state index is 0.367. The molecule has 1 heterocycles. The molecular weight excluding hydrogens is 208 g/mol. The Balaban J connectivity index is 2.56. The number of aliphatic hydroxyl groups excluding tert-OH is 1. The van der Waals surface area contributed by atoms with Crippen molar-refractivity contribution >= 4 is 11.5 Å². The summed E-state index contributed by atoms with van der Waals surface area (Å²) in [5.41, 5.74) is 0.985. The third kappa shape index (κ3) is 3.87. The summed E-state index contributed by atoms with van der Waals surface area (Å²) in [5.74, 6) is 0.634. The van der Waals surface area contributed by atoms with Gasteiger partial charge in [0.2, 0.25) is 0 Å². The zero-order valence-electron chi connectivity index (χ0n) is 9.73. The molecule has 1 aromatic heterocycles. The fourth-order valence-electron chi connectivity index (χ4n) is 1.50. The van der Waals surface area contributed by atoms with E-state index in [4.69, 9.17) is 0 Å². The standard InChI is InChI=1S/C11H20N2OS/c1-4-5-9-11(15-13-12-9)10(14)7-6-8(2)3/h8,10,14H,4-7H2,1-3H3. The van der Waals surface area contributed by atoms with Gasteiger partial charge in [0, 0.05) is 0 Å². The Bertz CT molecular complexity index is 286. The van der Waals surface area contributed by atoms with E-state index in [9.17, 15) is 5.11 Å². The quantitative estimate of drug-likeness (QED) is 0.814. The Labute approximate surface area is 95.7 Å². The molecule has 1 aromatic rings. The van der Waals surface area contributed by atoms with Crippen molar-refractivity contribution in [3.63, 3.8) is 0 Å². The molecule has 0 saturated carbocycles. The SMILES string of the molecule is CCCc1nnsc1C(O)CCC(C)C. The summed E-state index contributed by atoms with van der Waals surface area (Å²) in [6.45, 7) is 6.46. The average molecular weight is 228 g/mol. The lowest BCUT2D eigenvalue weighted by molar-refractivity contribution is 0.161. The van der Waals surface area contributed by atoms with Gasteiger partial charge in [-0.25, -0.2) is 0 Å². The van der Waals surface area contributed by atoms with Crippen molar-refractivity contribution in [1.29, 1.82) is 0 Å². The second-order valence-electron chi connectivity index (χ2n) is 4.32. The summed E-state index contributed by atoms with van der Waals surface area (Å²) in [6, 6.07) is 0. The third-order valence-corrected chi connectivity index (χ3v) is 3.26. The van der Waals surface area contributed by atoms with Crippen molar-refractivity contribution in [2.45, 2.75) is 52.6 Å². The lowest BCUT2D eigenvalue weighted by Crippen LogP contribution is -2.01. The smallest absolute Gasteiger partial charge is 0.0917 e. The molecule has 86 valence electrons. The topological polar surface area (TPSA) is 46.0 Å². The molecule has 0 radical (unpaired) electrons. The Kier molecular flexibility index (Phi) is 5.19. The molecular formula is C11H20N2OS. The highest BCUT2D eigenvalue weighted by Gasteiger charge is 2.16. The van der Waals surface area contributed by atoms with Crippen LogP contribution < -0.4 is 0 Å². The maximum atomic E-state index is 10.00. The van der Waals surface area contributed by atoms with Crippen LogP contribution in [0.3, 0.4) is 0 Å². The van der Waals surface area contributed by atoms with E-state index in [1.165, 1.54) is 11.5 Å². The fourth-order valence-corrected chi connectivity index (χ4v) is 2.22. The molecule has 0 bridgehead atoms. The van der Waals surface area contributed by atoms with Gasteiger partial charge in [-0.3, -0.25) is 0 Å². The van der Waals surface area contributed by atoms with E-state index in [-0.39, 0.29) is 6.10 Å². The van der Waals surface area contributed by atoms with Crippen LogP contribution in [0.1, 0.15) is 56.7 Å². The van der Waals surface area contributed by atoms with E-state index < -0.39 is 0 Å². The van der Waals surface area contributed by atoms with Gasteiger partial charge >= 0.3 is 0 Å². The van der Waals surface area contributed by atoms with Crippen LogP contribution in [0, 0.1) is 5.92 Å². The van der Waals surface area contributed by atoms with Crippen LogP contribution >= 0.6 is 11.5 Å². The minimum atomic E-state index is -0.367. The molecule has 1 N–H and O–H groups in total. The number of aryl methyl sites for hydroxylation is 1. The summed E-state index contributed by atoms with van der Waals surface area (Å²) < 4.78 is 3.92. The summed E-state index contributed by atoms with van der Waals surface area (Å²) in [5, 5.41) is 14.1. The Morgan fingerprint density at radius 3 is 2.67 bits per heavy atom. The molecule has 0 aliphatic rings. The number of aliphatic hydroxyl groups is 1. The lowest BCUT2D eigenvalue weighted by atomic mass is 10.0. The predicted molar refractivity (Wildman–Crippen MR) is 62.9 cm³/mol. The lowest BCUT2D eigenvalue weighted by Gasteiger charge is -2.10. The van der Waals surface area contributed by atoms with Crippen molar-refractivity contribution in [2.75, 3.05) is 0 Å². The fraction of sp³-hybridized carbons (Fsp3) is 0.818. The predicted octanol–water partition coefficient (Wildman–Crippen LogP) is 2.96. The van der Waals surface area contributed by atoms with Crippen LogP contribution in [0.5, 0.6) is 0 Å². The van der Waals surface area contributed by atoms with Crippen LogP contribution in [0.4, 0.5) is 0 Å². The summed E-state index contributed by atoms with van der Waals surface area (Å²) in [7, 11) is 0. The highest BCUT2D eigenvalue weighted by molar-refractivity contribution is 7.05. The van der Waals surface area contributed by atoms with Crippen LogP contribution in [-0.2, 0) is 6.42 Å². The number of rotatable bonds is 6. The zero-order valence-corrected chi connectivity index (χ0v) is 10.5. The van der Waals surface area contributed by atoms with Crippen molar-refractivity contribution in [2.24, 2.45) is 5.92 Å². The van der Waals surface area contributed by atoms with E-state index in [1.54, 1.807) is 0 Å². The molecule has 1 atom stereocenters. The first-order valence-electron chi connectivity index (χ1n) is 5.64. The molecule has 0 aliphatic heterocycles. The molecule has 0 aromatic carbocycles. The molecule has 0 fully saturated rings. The molecule has 0 saturated heterocycles. The van der Waals surface area contributed by atoms with Crippen molar-refractivity contribution in [3.8, 4) is 0 Å². The maximum Gasteiger partial charge on any atom is 0.0917 e. The molecule has 15 heavy (non-hydrogen) atoms. The first kappa shape index (κ1) is 12.6. The molecule has 0 amide bonds. The Hall–Kier alpha value is -0.480. The summed E-state index contributed by atoms with van der Waals surface area (Å²) in [6.07, 6.45) is 3.47. The molecule has 4 heteroatoms. The molecule has 0 spiro atoms.